The molecule has 0 fully saturated rings. The Balaban J connectivity index is 2.40. The second-order valence-corrected chi connectivity index (χ2v) is 8.39. The fourth-order valence-corrected chi connectivity index (χ4v) is 3.34. The lowest BCUT2D eigenvalue weighted by Gasteiger charge is -2.37. The molecule has 0 bridgehead atoms. The molecule has 148 valence electrons. The maximum Gasteiger partial charge on any atom is 0.169 e. The van der Waals surface area contributed by atoms with Gasteiger partial charge in [0.1, 0.15) is 11.0 Å². The topological polar surface area (TPSA) is 76.5 Å². The minimum atomic E-state index is -0.476. The summed E-state index contributed by atoms with van der Waals surface area (Å²) in [6.07, 6.45) is 2.04. The van der Waals surface area contributed by atoms with E-state index in [1.807, 2.05) is 27.7 Å². The number of rotatable bonds is 4. The van der Waals surface area contributed by atoms with Crippen LogP contribution in [-0.2, 0) is 0 Å². The van der Waals surface area contributed by atoms with Crippen molar-refractivity contribution < 1.29 is 9.18 Å². The van der Waals surface area contributed by atoms with Crippen LogP contribution >= 0.6 is 23.2 Å². The molecule has 0 amide bonds. The fourth-order valence-electron chi connectivity index (χ4n) is 2.81. The molecule has 3 rings (SSSR count). The summed E-state index contributed by atoms with van der Waals surface area (Å²) in [6, 6.07) is 3.82. The van der Waals surface area contributed by atoms with Crippen molar-refractivity contribution in [1.82, 2.24) is 14.6 Å². The van der Waals surface area contributed by atoms with Crippen LogP contribution in [0.3, 0.4) is 0 Å². The largest absolute Gasteiger partial charge is 0.298 e. The number of benzene rings is 1. The predicted molar refractivity (Wildman–Crippen MR) is 109 cm³/mol. The molecule has 1 atom stereocenters. The van der Waals surface area contributed by atoms with E-state index < -0.39 is 5.82 Å². The highest BCUT2D eigenvalue weighted by molar-refractivity contribution is 6.36. The van der Waals surface area contributed by atoms with Crippen LogP contribution in [0, 0.1) is 11.2 Å². The first kappa shape index (κ1) is 20.5. The molecule has 2 aromatic heterocycles. The first-order valence-electron chi connectivity index (χ1n) is 8.58. The molecule has 1 aromatic carbocycles. The second-order valence-electron chi connectivity index (χ2n) is 7.63. The van der Waals surface area contributed by atoms with Gasteiger partial charge < -0.3 is 0 Å². The van der Waals surface area contributed by atoms with Gasteiger partial charge in [-0.1, -0.05) is 44.0 Å². The van der Waals surface area contributed by atoms with Gasteiger partial charge >= 0.3 is 0 Å². The van der Waals surface area contributed by atoms with Gasteiger partial charge in [0.25, 0.3) is 0 Å². The zero-order valence-corrected chi connectivity index (χ0v) is 17.4. The fraction of sp³-hybridized carbons (Fsp3) is 0.316. The maximum atomic E-state index is 13.6. The van der Waals surface area contributed by atoms with Gasteiger partial charge in [0, 0.05) is 11.6 Å². The zero-order chi connectivity index (χ0) is 20.8. The molecule has 9 heteroatoms. The predicted octanol–water partition coefficient (Wildman–Crippen LogP) is 4.77. The molecular weight excluding hydrogens is 404 g/mol. The summed E-state index contributed by atoms with van der Waals surface area (Å²) >= 11 is 12.8. The van der Waals surface area contributed by atoms with Crippen molar-refractivity contribution >= 4 is 41.0 Å². The Morgan fingerprint density at radius 1 is 1.32 bits per heavy atom. The molecule has 6 nitrogen and oxygen atoms in total. The van der Waals surface area contributed by atoms with Crippen molar-refractivity contribution in [2.45, 2.75) is 33.7 Å². The van der Waals surface area contributed by atoms with E-state index in [-0.39, 0.29) is 32.8 Å². The first-order chi connectivity index (χ1) is 13.1. The van der Waals surface area contributed by atoms with Gasteiger partial charge in [-0.3, -0.25) is 9.80 Å². The molecule has 0 spiro atoms. The van der Waals surface area contributed by atoms with E-state index in [0.717, 1.165) is 0 Å². The van der Waals surface area contributed by atoms with E-state index in [9.17, 15) is 9.18 Å². The molecule has 0 aliphatic rings. The van der Waals surface area contributed by atoms with Crippen molar-refractivity contribution in [2.75, 3.05) is 5.01 Å². The summed E-state index contributed by atoms with van der Waals surface area (Å²) in [4.78, 5) is 15.7. The Hall–Kier alpha value is -2.22. The van der Waals surface area contributed by atoms with Gasteiger partial charge in [-0.15, -0.1) is 0 Å². The number of nitrogens with two attached hydrogens (primary N) is 1. The normalized spacial score (nSPS) is 13.0. The maximum absolute atomic E-state index is 13.6. The standard InChI is InChI=1S/C19H20Cl2FN5O/c1-10(19(2,3)4)26(23)18-15(13-6-5-12(22)7-14(13)20)16(21)25-17-11(9-28)8-24-27(17)18/h5-10H,23H2,1-4H3. The van der Waals surface area contributed by atoms with E-state index in [1.54, 1.807) is 0 Å². The number of hydrogen-bond acceptors (Lipinski definition) is 5. The van der Waals surface area contributed by atoms with Crippen molar-refractivity contribution in [1.29, 1.82) is 0 Å². The molecule has 0 saturated heterocycles. The number of nitrogens with zero attached hydrogens (tertiary/aromatic N) is 4. The van der Waals surface area contributed by atoms with Crippen LogP contribution < -0.4 is 10.9 Å². The SMILES string of the molecule is CC(N(N)c1c(-c2ccc(F)cc2Cl)c(Cl)nc2c(C=O)cnn12)C(C)(C)C. The summed E-state index contributed by atoms with van der Waals surface area (Å²) in [5, 5.41) is 6.04. The second kappa shape index (κ2) is 7.31. The summed E-state index contributed by atoms with van der Waals surface area (Å²) in [7, 11) is 0. The van der Waals surface area contributed by atoms with Gasteiger partial charge in [0.2, 0.25) is 0 Å². The minimum absolute atomic E-state index is 0.0798. The molecule has 0 radical (unpaired) electrons. The van der Waals surface area contributed by atoms with Gasteiger partial charge in [-0.2, -0.15) is 9.61 Å². The van der Waals surface area contributed by atoms with Crippen molar-refractivity contribution in [2.24, 2.45) is 11.3 Å². The number of fused-ring (bicyclic) bond motifs is 1. The third-order valence-electron chi connectivity index (χ3n) is 4.85. The Morgan fingerprint density at radius 2 is 2.00 bits per heavy atom. The van der Waals surface area contributed by atoms with E-state index in [4.69, 9.17) is 29.0 Å². The molecule has 2 N–H and O–H groups in total. The van der Waals surface area contributed by atoms with Crippen LogP contribution in [-0.4, -0.2) is 26.9 Å². The third-order valence-corrected chi connectivity index (χ3v) is 5.43. The molecule has 0 aliphatic heterocycles. The smallest absolute Gasteiger partial charge is 0.169 e. The van der Waals surface area contributed by atoms with Gasteiger partial charge in [0.15, 0.2) is 17.8 Å². The lowest BCUT2D eigenvalue weighted by Crippen LogP contribution is -2.48. The molecule has 2 heterocycles. The highest BCUT2D eigenvalue weighted by atomic mass is 35.5. The van der Waals surface area contributed by atoms with Crippen LogP contribution in [0.4, 0.5) is 10.2 Å². The Labute approximate surface area is 172 Å². The molecule has 1 unspecified atom stereocenters. The van der Waals surface area contributed by atoms with Crippen molar-refractivity contribution in [3.8, 4) is 11.1 Å². The molecule has 0 aliphatic carbocycles. The number of aromatic nitrogens is 3. The number of halogens is 3. The number of hydrazine groups is 1. The molecule has 0 saturated carbocycles. The summed E-state index contributed by atoms with van der Waals surface area (Å²) in [5.41, 5.74) is 1.21. The van der Waals surface area contributed by atoms with Crippen LogP contribution in [0.15, 0.2) is 24.4 Å². The molecule has 3 aromatic rings. The molecular formula is C19H20Cl2FN5O. The minimum Gasteiger partial charge on any atom is -0.298 e. The van der Waals surface area contributed by atoms with E-state index in [2.05, 4.69) is 10.1 Å². The highest BCUT2D eigenvalue weighted by Gasteiger charge is 2.31. The Kier molecular flexibility index (Phi) is 5.36. The van der Waals surface area contributed by atoms with Gasteiger partial charge in [-0.05, 0) is 30.5 Å². The van der Waals surface area contributed by atoms with Crippen LogP contribution in [0.5, 0.6) is 0 Å². The zero-order valence-electron chi connectivity index (χ0n) is 15.9. The third kappa shape index (κ3) is 3.45. The van der Waals surface area contributed by atoms with Crippen molar-refractivity contribution in [3.05, 3.63) is 46.0 Å². The lowest BCUT2D eigenvalue weighted by atomic mass is 9.87. The number of carbonyl (C=O) groups is 1. The van der Waals surface area contributed by atoms with E-state index in [0.29, 0.717) is 23.2 Å². The highest BCUT2D eigenvalue weighted by Crippen LogP contribution is 2.41. The average Bonchev–Trinajstić information content (AvgIpc) is 3.01. The van der Waals surface area contributed by atoms with Crippen LogP contribution in [0.2, 0.25) is 10.2 Å². The molecule has 28 heavy (non-hydrogen) atoms. The summed E-state index contributed by atoms with van der Waals surface area (Å²) < 4.78 is 15.0. The van der Waals surface area contributed by atoms with Crippen molar-refractivity contribution in [3.63, 3.8) is 0 Å². The summed E-state index contributed by atoms with van der Waals surface area (Å²) in [5.74, 6) is 6.43. The quantitative estimate of drug-likeness (QED) is 0.283. The van der Waals surface area contributed by atoms with Crippen LogP contribution in [0.1, 0.15) is 38.1 Å². The lowest BCUT2D eigenvalue weighted by molar-refractivity contribution is 0.112. The number of aldehydes is 1. The van der Waals surface area contributed by atoms with Crippen LogP contribution in [0.25, 0.3) is 16.8 Å². The first-order valence-corrected chi connectivity index (χ1v) is 9.33. The number of carbonyl (C=O) groups excluding carboxylic acids is 1. The number of hydrogen-bond donors (Lipinski definition) is 1. The monoisotopic (exact) mass is 423 g/mol. The van der Waals surface area contributed by atoms with E-state index in [1.165, 1.54) is 33.9 Å². The van der Waals surface area contributed by atoms with Gasteiger partial charge in [0.05, 0.1) is 22.3 Å². The van der Waals surface area contributed by atoms with Gasteiger partial charge in [-0.25, -0.2) is 15.2 Å². The average molecular weight is 424 g/mol. The summed E-state index contributed by atoms with van der Waals surface area (Å²) in [6.45, 7) is 8.09. The number of anilines is 1. The Bertz CT molecular complexity index is 1060. The Morgan fingerprint density at radius 3 is 2.57 bits per heavy atom. The van der Waals surface area contributed by atoms with E-state index >= 15 is 0 Å².